The summed E-state index contributed by atoms with van der Waals surface area (Å²) in [7, 11) is 7.21. The third-order valence-corrected chi connectivity index (χ3v) is 5.83. The number of methoxy groups -OCH3 is 2. The van der Waals surface area contributed by atoms with Crippen LogP contribution in [0.4, 0.5) is 5.13 Å². The first kappa shape index (κ1) is 21.4. The van der Waals surface area contributed by atoms with Crippen LogP contribution >= 0.6 is 35.1 Å². The second-order valence-electron chi connectivity index (χ2n) is 5.88. The fourth-order valence-corrected chi connectivity index (χ4v) is 4.28. The number of benzene rings is 1. The first-order valence-corrected chi connectivity index (χ1v) is 9.76. The maximum Gasteiger partial charge on any atom is 0.270 e. The highest BCUT2D eigenvalue weighted by Gasteiger charge is 2.24. The average molecular weight is 428 g/mol. The van der Waals surface area contributed by atoms with Crippen molar-refractivity contribution >= 4 is 56.3 Å². The van der Waals surface area contributed by atoms with E-state index in [1.165, 1.54) is 22.7 Å². The highest BCUT2D eigenvalue weighted by Crippen LogP contribution is 2.40. The summed E-state index contributed by atoms with van der Waals surface area (Å²) in [6.45, 7) is 1.29. The number of carbonyl (C=O) groups excluding carboxylic acids is 1. The molecule has 3 rings (SSSR count). The molecule has 2 aromatic heterocycles. The average Bonchev–Trinajstić information content (AvgIpc) is 3.30. The number of rotatable bonds is 7. The van der Waals surface area contributed by atoms with Gasteiger partial charge in [0.15, 0.2) is 5.13 Å². The van der Waals surface area contributed by atoms with Gasteiger partial charge in [-0.15, -0.1) is 23.7 Å². The summed E-state index contributed by atoms with van der Waals surface area (Å²) in [5.74, 6) is 1.35. The number of carbonyl (C=O) groups is 1. The van der Waals surface area contributed by atoms with E-state index in [0.29, 0.717) is 27.8 Å². The van der Waals surface area contributed by atoms with Gasteiger partial charge in [-0.3, -0.25) is 9.69 Å². The monoisotopic (exact) mass is 427 g/mol. The Kier molecular flexibility index (Phi) is 7.43. The van der Waals surface area contributed by atoms with E-state index in [-0.39, 0.29) is 18.3 Å². The fraction of sp³-hybridized carbons (Fsp3) is 0.333. The molecule has 0 saturated heterocycles. The predicted octanol–water partition coefficient (Wildman–Crippen LogP) is 4.01. The third kappa shape index (κ3) is 4.52. The number of aromatic nitrogens is 1. The molecule has 0 radical (unpaired) electrons. The van der Waals surface area contributed by atoms with Gasteiger partial charge in [0.1, 0.15) is 21.7 Å². The second kappa shape index (κ2) is 9.36. The Morgan fingerprint density at radius 2 is 1.81 bits per heavy atom. The highest BCUT2D eigenvalue weighted by atomic mass is 35.5. The van der Waals surface area contributed by atoms with Gasteiger partial charge < -0.3 is 14.4 Å². The molecule has 0 spiro atoms. The fourth-order valence-electron chi connectivity index (χ4n) is 2.51. The lowest BCUT2D eigenvalue weighted by Gasteiger charge is -2.21. The summed E-state index contributed by atoms with van der Waals surface area (Å²) in [6.07, 6.45) is 0. The van der Waals surface area contributed by atoms with Crippen molar-refractivity contribution in [1.29, 1.82) is 0 Å². The van der Waals surface area contributed by atoms with Crippen molar-refractivity contribution in [1.82, 2.24) is 9.88 Å². The van der Waals surface area contributed by atoms with Gasteiger partial charge in [-0.05, 0) is 37.7 Å². The lowest BCUT2D eigenvalue weighted by atomic mass is 10.3. The van der Waals surface area contributed by atoms with Crippen molar-refractivity contribution in [3.05, 3.63) is 34.5 Å². The van der Waals surface area contributed by atoms with Crippen molar-refractivity contribution in [2.45, 2.75) is 0 Å². The molecule has 0 N–H and O–H groups in total. The first-order chi connectivity index (χ1) is 12.5. The normalized spacial score (nSPS) is 10.7. The maximum atomic E-state index is 13.0. The molecule has 3 aromatic rings. The number of likely N-dealkylation sites (N-methyl/N-ethyl adjacent to an activating group) is 1. The minimum atomic E-state index is -0.0427. The molecule has 0 aliphatic rings. The number of halogens is 1. The zero-order valence-electron chi connectivity index (χ0n) is 15.6. The molecular weight excluding hydrogens is 406 g/mol. The summed E-state index contributed by atoms with van der Waals surface area (Å²) in [5, 5.41) is 2.55. The molecule has 146 valence electrons. The Morgan fingerprint density at radius 3 is 2.41 bits per heavy atom. The number of thiazole rings is 1. The summed E-state index contributed by atoms with van der Waals surface area (Å²) >= 11 is 2.87. The largest absolute Gasteiger partial charge is 0.495 e. The minimum absolute atomic E-state index is 0. The molecule has 0 atom stereocenters. The van der Waals surface area contributed by atoms with Crippen molar-refractivity contribution in [3.8, 4) is 11.5 Å². The Hall–Kier alpha value is -1.87. The molecule has 0 aliphatic heterocycles. The smallest absolute Gasteiger partial charge is 0.270 e. The van der Waals surface area contributed by atoms with Gasteiger partial charge in [0.2, 0.25) is 0 Å². The van der Waals surface area contributed by atoms with Crippen LogP contribution in [-0.2, 0) is 0 Å². The molecule has 2 heterocycles. The molecular formula is C18H22ClN3O3S2. The number of ether oxygens (including phenoxy) is 2. The van der Waals surface area contributed by atoms with Crippen molar-refractivity contribution in [2.24, 2.45) is 0 Å². The van der Waals surface area contributed by atoms with Gasteiger partial charge in [-0.1, -0.05) is 17.4 Å². The minimum Gasteiger partial charge on any atom is -0.495 e. The van der Waals surface area contributed by atoms with E-state index in [1.807, 2.05) is 48.6 Å². The lowest BCUT2D eigenvalue weighted by Crippen LogP contribution is -2.36. The number of amides is 1. The first-order valence-electron chi connectivity index (χ1n) is 8.06. The van der Waals surface area contributed by atoms with Crippen LogP contribution in [0.3, 0.4) is 0 Å². The number of anilines is 1. The van der Waals surface area contributed by atoms with E-state index in [9.17, 15) is 4.79 Å². The van der Waals surface area contributed by atoms with Crippen LogP contribution in [0.25, 0.3) is 10.2 Å². The summed E-state index contributed by atoms with van der Waals surface area (Å²) in [5.41, 5.74) is 0.709. The van der Waals surface area contributed by atoms with Gasteiger partial charge in [0.25, 0.3) is 5.91 Å². The van der Waals surface area contributed by atoms with E-state index in [4.69, 9.17) is 14.5 Å². The SMILES string of the molecule is COc1ccc(OC)c2sc(N(CCN(C)C)C(=O)c3cccs3)nc12.Cl. The van der Waals surface area contributed by atoms with E-state index in [1.54, 1.807) is 19.1 Å². The van der Waals surface area contributed by atoms with E-state index in [2.05, 4.69) is 0 Å². The quantitative estimate of drug-likeness (QED) is 0.570. The number of fused-ring (bicyclic) bond motifs is 1. The lowest BCUT2D eigenvalue weighted by molar-refractivity contribution is 0.0989. The number of hydrogen-bond acceptors (Lipinski definition) is 7. The van der Waals surface area contributed by atoms with Gasteiger partial charge in [-0.2, -0.15) is 0 Å². The Morgan fingerprint density at radius 1 is 1.11 bits per heavy atom. The van der Waals surface area contributed by atoms with Crippen molar-refractivity contribution < 1.29 is 14.3 Å². The molecule has 1 amide bonds. The molecule has 0 bridgehead atoms. The van der Waals surface area contributed by atoms with Crippen LogP contribution in [0.1, 0.15) is 9.67 Å². The van der Waals surface area contributed by atoms with Crippen LogP contribution in [0.5, 0.6) is 11.5 Å². The van der Waals surface area contributed by atoms with Crippen molar-refractivity contribution in [2.75, 3.05) is 46.3 Å². The Balaban J connectivity index is 0.00000261. The third-order valence-electron chi connectivity index (χ3n) is 3.88. The second-order valence-corrected chi connectivity index (χ2v) is 7.81. The van der Waals surface area contributed by atoms with Gasteiger partial charge in [-0.25, -0.2) is 4.98 Å². The van der Waals surface area contributed by atoms with E-state index in [0.717, 1.165) is 17.0 Å². The van der Waals surface area contributed by atoms with Crippen LogP contribution < -0.4 is 14.4 Å². The molecule has 0 unspecified atom stereocenters. The van der Waals surface area contributed by atoms with E-state index >= 15 is 0 Å². The molecule has 1 aromatic carbocycles. The molecule has 27 heavy (non-hydrogen) atoms. The molecule has 0 fully saturated rings. The predicted molar refractivity (Wildman–Crippen MR) is 115 cm³/mol. The summed E-state index contributed by atoms with van der Waals surface area (Å²) in [6, 6.07) is 7.40. The van der Waals surface area contributed by atoms with Crippen LogP contribution in [-0.4, -0.2) is 57.2 Å². The van der Waals surface area contributed by atoms with Crippen molar-refractivity contribution in [3.63, 3.8) is 0 Å². The van der Waals surface area contributed by atoms with Crippen LogP contribution in [0.2, 0.25) is 0 Å². The van der Waals surface area contributed by atoms with Gasteiger partial charge in [0, 0.05) is 13.1 Å². The van der Waals surface area contributed by atoms with Gasteiger partial charge in [0.05, 0.1) is 19.1 Å². The standard InChI is InChI=1S/C18H21N3O3S2.ClH/c1-20(2)9-10-21(17(22)14-6-5-11-25-14)18-19-15-12(23-3)7-8-13(24-4)16(15)26-18;/h5-8,11H,9-10H2,1-4H3;1H. The molecule has 6 nitrogen and oxygen atoms in total. The zero-order chi connectivity index (χ0) is 18.7. The highest BCUT2D eigenvalue weighted by molar-refractivity contribution is 7.23. The van der Waals surface area contributed by atoms with Crippen LogP contribution in [0.15, 0.2) is 29.6 Å². The Bertz CT molecular complexity index is 856. The maximum absolute atomic E-state index is 13.0. The Labute approximate surface area is 172 Å². The molecule has 0 saturated carbocycles. The summed E-state index contributed by atoms with van der Waals surface area (Å²) in [4.78, 5) is 22.2. The van der Waals surface area contributed by atoms with E-state index < -0.39 is 0 Å². The molecule has 9 heteroatoms. The topological polar surface area (TPSA) is 54.9 Å². The summed E-state index contributed by atoms with van der Waals surface area (Å²) < 4.78 is 11.8. The molecule has 0 aliphatic carbocycles. The number of thiophene rings is 1. The number of nitrogens with zero attached hydrogens (tertiary/aromatic N) is 3. The van der Waals surface area contributed by atoms with Gasteiger partial charge >= 0.3 is 0 Å². The number of hydrogen-bond donors (Lipinski definition) is 0. The van der Waals surface area contributed by atoms with Crippen LogP contribution in [0, 0.1) is 0 Å². The zero-order valence-corrected chi connectivity index (χ0v) is 18.0.